The van der Waals surface area contributed by atoms with E-state index in [9.17, 15) is 19.5 Å². The molecule has 0 aliphatic carbocycles. The predicted molar refractivity (Wildman–Crippen MR) is 134 cm³/mol. The van der Waals surface area contributed by atoms with E-state index in [-0.39, 0.29) is 24.4 Å². The number of Topliss-reactive ketones (excluding diaryl/α,β-unsaturated/α-hetero) is 1. The van der Waals surface area contributed by atoms with Crippen molar-refractivity contribution >= 4 is 22.7 Å². The largest absolute Gasteiger partial charge is 0.458 e. The number of carbonyl (C=O) groups is 2. The summed E-state index contributed by atoms with van der Waals surface area (Å²) in [4.78, 5) is 43.2. The molecule has 1 N–H and O–H groups in total. The molecule has 0 saturated carbocycles. The van der Waals surface area contributed by atoms with Crippen LogP contribution in [-0.4, -0.2) is 26.4 Å². The number of esters is 1. The van der Waals surface area contributed by atoms with Gasteiger partial charge in [-0.15, -0.1) is 0 Å². The molecule has 2 aliphatic rings. The van der Waals surface area contributed by atoms with Crippen LogP contribution in [0.2, 0.25) is 0 Å². The van der Waals surface area contributed by atoms with Crippen LogP contribution in [0.1, 0.15) is 52.4 Å². The van der Waals surface area contributed by atoms with E-state index in [0.717, 1.165) is 22.0 Å². The molecular formula is C29H24N2O5. The Labute approximate surface area is 207 Å². The number of aromatic nitrogens is 2. The van der Waals surface area contributed by atoms with E-state index in [1.807, 2.05) is 54.6 Å². The maximum absolute atomic E-state index is 13.4. The van der Waals surface area contributed by atoms with Crippen molar-refractivity contribution in [3.8, 4) is 11.4 Å². The first-order valence-corrected chi connectivity index (χ1v) is 12.1. The van der Waals surface area contributed by atoms with Crippen molar-refractivity contribution in [3.63, 3.8) is 0 Å². The number of pyridine rings is 2. The van der Waals surface area contributed by atoms with Gasteiger partial charge in [0.2, 0.25) is 0 Å². The number of fused-ring (bicyclic) bond motifs is 5. The van der Waals surface area contributed by atoms with E-state index in [1.54, 1.807) is 17.6 Å². The van der Waals surface area contributed by atoms with Crippen molar-refractivity contribution in [2.24, 2.45) is 0 Å². The molecule has 0 saturated heterocycles. The van der Waals surface area contributed by atoms with Crippen LogP contribution >= 0.6 is 0 Å². The number of hydrogen-bond donors (Lipinski definition) is 1. The number of cyclic esters (lactones) is 1. The summed E-state index contributed by atoms with van der Waals surface area (Å²) in [6.07, 6.45) is 1.07. The van der Waals surface area contributed by atoms with Gasteiger partial charge in [0, 0.05) is 28.5 Å². The Bertz CT molecular complexity index is 1620. The van der Waals surface area contributed by atoms with Gasteiger partial charge in [0.1, 0.15) is 6.61 Å². The number of hydrogen-bond acceptors (Lipinski definition) is 6. The van der Waals surface area contributed by atoms with Crippen LogP contribution in [0, 0.1) is 0 Å². The fourth-order valence-electron chi connectivity index (χ4n) is 5.30. The van der Waals surface area contributed by atoms with Gasteiger partial charge in [0.05, 0.1) is 29.0 Å². The third kappa shape index (κ3) is 3.31. The number of benzene rings is 2. The lowest BCUT2D eigenvalue weighted by atomic mass is 9.86. The Balaban J connectivity index is 1.40. The summed E-state index contributed by atoms with van der Waals surface area (Å²) >= 11 is 0. The molecule has 1 unspecified atom stereocenters. The lowest BCUT2D eigenvalue weighted by Gasteiger charge is -2.31. The maximum atomic E-state index is 13.4. The van der Waals surface area contributed by atoms with Gasteiger partial charge in [-0.1, -0.05) is 49.4 Å². The molecule has 1 atom stereocenters. The molecule has 4 heterocycles. The topological polar surface area (TPSA) is 98.5 Å². The van der Waals surface area contributed by atoms with Crippen molar-refractivity contribution < 1.29 is 19.4 Å². The molecule has 0 fully saturated rings. The van der Waals surface area contributed by atoms with Gasteiger partial charge in [-0.2, -0.15) is 0 Å². The molecule has 7 nitrogen and oxygen atoms in total. The number of aryl methyl sites for hydroxylation is 1. The Kier molecular flexibility index (Phi) is 5.12. The molecule has 180 valence electrons. The average Bonchev–Trinajstić information content (AvgIpc) is 3.27. The van der Waals surface area contributed by atoms with Gasteiger partial charge >= 0.3 is 5.97 Å². The second kappa shape index (κ2) is 8.24. The van der Waals surface area contributed by atoms with Crippen molar-refractivity contribution in [2.75, 3.05) is 0 Å². The summed E-state index contributed by atoms with van der Waals surface area (Å²) in [5.74, 6) is -0.646. The molecule has 36 heavy (non-hydrogen) atoms. The maximum Gasteiger partial charge on any atom is 0.343 e. The molecular weight excluding hydrogens is 456 g/mol. The Morgan fingerprint density at radius 1 is 1.11 bits per heavy atom. The molecule has 6 rings (SSSR count). The summed E-state index contributed by atoms with van der Waals surface area (Å²) in [5, 5.41) is 12.0. The summed E-state index contributed by atoms with van der Waals surface area (Å²) in [6.45, 7) is 1.88. The monoisotopic (exact) mass is 480 g/mol. The fraction of sp³-hybridized carbons (Fsp3) is 0.241. The number of nitrogens with zero attached hydrogens (tertiary/aromatic N) is 2. The normalized spacial score (nSPS) is 17.9. The van der Waals surface area contributed by atoms with Gasteiger partial charge in [-0.3, -0.25) is 9.59 Å². The zero-order valence-corrected chi connectivity index (χ0v) is 19.8. The standard InChI is InChI=1S/C29H24N2O5/c1-2-29(35)22-14-24-26-19(15-31(24)27(33)21(22)16-36-28(29)34)13-20-17(9-6-10-23(20)30-26)11-12-25(32)18-7-4-3-5-8-18/h3-10,13-14,35H,2,11-12,15-16H2,1H3. The summed E-state index contributed by atoms with van der Waals surface area (Å²) in [7, 11) is 0. The molecule has 0 spiro atoms. The van der Waals surface area contributed by atoms with Crippen molar-refractivity contribution in [1.82, 2.24) is 9.55 Å². The highest BCUT2D eigenvalue weighted by atomic mass is 16.6. The molecule has 2 aromatic carbocycles. The molecule has 2 aromatic heterocycles. The highest BCUT2D eigenvalue weighted by molar-refractivity contribution is 5.96. The van der Waals surface area contributed by atoms with Crippen LogP contribution in [0.5, 0.6) is 0 Å². The van der Waals surface area contributed by atoms with Gasteiger partial charge in [0.25, 0.3) is 5.56 Å². The molecule has 0 radical (unpaired) electrons. The van der Waals surface area contributed by atoms with Crippen LogP contribution in [-0.2, 0) is 34.7 Å². The second-order valence-electron chi connectivity index (χ2n) is 9.37. The summed E-state index contributed by atoms with van der Waals surface area (Å²) in [6, 6.07) is 18.9. The lowest BCUT2D eigenvalue weighted by molar-refractivity contribution is -0.172. The predicted octanol–water partition coefficient (Wildman–Crippen LogP) is 3.90. The highest BCUT2D eigenvalue weighted by Gasteiger charge is 2.45. The van der Waals surface area contributed by atoms with Crippen molar-refractivity contribution in [2.45, 2.75) is 44.9 Å². The fourth-order valence-corrected chi connectivity index (χ4v) is 5.30. The average molecular weight is 481 g/mol. The van der Waals surface area contributed by atoms with Crippen molar-refractivity contribution in [3.05, 3.63) is 98.8 Å². The second-order valence-corrected chi connectivity index (χ2v) is 9.37. The Hall–Kier alpha value is -4.10. The molecule has 2 aliphatic heterocycles. The minimum Gasteiger partial charge on any atom is -0.458 e. The smallest absolute Gasteiger partial charge is 0.343 e. The van der Waals surface area contributed by atoms with E-state index in [0.29, 0.717) is 47.5 Å². The number of ether oxygens (including phenoxy) is 1. The van der Waals surface area contributed by atoms with Crippen LogP contribution < -0.4 is 5.56 Å². The zero-order chi connectivity index (χ0) is 25.0. The third-order valence-electron chi connectivity index (χ3n) is 7.36. The molecule has 0 bridgehead atoms. The van der Waals surface area contributed by atoms with Crippen molar-refractivity contribution in [1.29, 1.82) is 0 Å². The van der Waals surface area contributed by atoms with Gasteiger partial charge in [-0.25, -0.2) is 9.78 Å². The minimum atomic E-state index is -1.85. The molecule has 0 amide bonds. The Morgan fingerprint density at radius 2 is 1.92 bits per heavy atom. The summed E-state index contributed by atoms with van der Waals surface area (Å²) < 4.78 is 6.77. The van der Waals surface area contributed by atoms with E-state index < -0.39 is 11.6 Å². The molecule has 4 aromatic rings. The lowest BCUT2D eigenvalue weighted by Crippen LogP contribution is -2.44. The number of rotatable bonds is 5. The SMILES string of the molecule is CCC1(O)C(=O)OCc2c1cc1n(c2=O)Cc2cc3c(CCC(=O)c4ccccc4)cccc3nc2-1. The zero-order valence-electron chi connectivity index (χ0n) is 19.8. The number of aliphatic hydroxyl groups is 1. The van der Waals surface area contributed by atoms with Gasteiger partial charge in [0.15, 0.2) is 11.4 Å². The third-order valence-corrected chi connectivity index (χ3v) is 7.36. The number of carbonyl (C=O) groups excluding carboxylic acids is 2. The van der Waals surface area contributed by atoms with Gasteiger partial charge in [-0.05, 0) is 36.6 Å². The van der Waals surface area contributed by atoms with Gasteiger partial charge < -0.3 is 14.4 Å². The Morgan fingerprint density at radius 3 is 2.69 bits per heavy atom. The van der Waals surface area contributed by atoms with Crippen LogP contribution in [0.3, 0.4) is 0 Å². The quantitative estimate of drug-likeness (QED) is 0.303. The van der Waals surface area contributed by atoms with E-state index in [2.05, 4.69) is 0 Å². The first kappa shape index (κ1) is 22.4. The van der Waals surface area contributed by atoms with E-state index in [1.165, 1.54) is 0 Å². The highest BCUT2D eigenvalue weighted by Crippen LogP contribution is 2.39. The first-order chi connectivity index (χ1) is 17.4. The van der Waals surface area contributed by atoms with E-state index in [4.69, 9.17) is 9.72 Å². The molecule has 7 heteroatoms. The van der Waals surface area contributed by atoms with E-state index >= 15 is 0 Å². The van der Waals surface area contributed by atoms with Crippen LogP contribution in [0.25, 0.3) is 22.3 Å². The van der Waals surface area contributed by atoms with Crippen LogP contribution in [0.4, 0.5) is 0 Å². The summed E-state index contributed by atoms with van der Waals surface area (Å²) in [5.41, 5.74) is 3.11. The first-order valence-electron chi connectivity index (χ1n) is 12.1. The number of ketones is 1. The minimum absolute atomic E-state index is 0.0893. The van der Waals surface area contributed by atoms with Crippen LogP contribution in [0.15, 0.2) is 65.5 Å².